The molecule has 0 radical (unpaired) electrons. The van der Waals surface area contributed by atoms with Crippen molar-refractivity contribution in [3.8, 4) is 0 Å². The van der Waals surface area contributed by atoms with Crippen molar-refractivity contribution in [2.45, 2.75) is 50.7 Å². The Kier molecular flexibility index (Phi) is 4.90. The van der Waals surface area contributed by atoms with Gasteiger partial charge in [-0.3, -0.25) is 0 Å². The highest BCUT2D eigenvalue weighted by Crippen LogP contribution is 2.43. The standard InChI is InChI=1S/C14H20F3NS/c15-14(16,17)12-4-2-1-3-11(12)13(18)6-5-10-7-8-19-9-10/h7-9,11-13H,1-6,18H2. The number of nitrogens with two attached hydrogens (primary N) is 1. The topological polar surface area (TPSA) is 26.0 Å². The van der Waals surface area contributed by atoms with Crippen molar-refractivity contribution < 1.29 is 13.2 Å². The Morgan fingerprint density at radius 2 is 2.05 bits per heavy atom. The summed E-state index contributed by atoms with van der Waals surface area (Å²) in [7, 11) is 0. The van der Waals surface area contributed by atoms with Crippen LogP contribution in [0.5, 0.6) is 0 Å². The number of thiophene rings is 1. The molecule has 0 spiro atoms. The number of aryl methyl sites for hydroxylation is 1. The largest absolute Gasteiger partial charge is 0.392 e. The van der Waals surface area contributed by atoms with Gasteiger partial charge in [-0.2, -0.15) is 24.5 Å². The third-order valence-corrected chi connectivity index (χ3v) is 4.87. The zero-order valence-corrected chi connectivity index (χ0v) is 11.6. The maximum Gasteiger partial charge on any atom is 0.392 e. The normalized spacial score (nSPS) is 26.3. The van der Waals surface area contributed by atoms with Gasteiger partial charge >= 0.3 is 6.18 Å². The summed E-state index contributed by atoms with van der Waals surface area (Å²) >= 11 is 1.61. The molecule has 3 atom stereocenters. The molecule has 1 aliphatic rings. The summed E-state index contributed by atoms with van der Waals surface area (Å²) in [5.41, 5.74) is 7.24. The molecule has 3 unspecified atom stereocenters. The Morgan fingerprint density at radius 3 is 2.68 bits per heavy atom. The van der Waals surface area contributed by atoms with E-state index in [4.69, 9.17) is 5.73 Å². The maximum absolute atomic E-state index is 13.0. The zero-order chi connectivity index (χ0) is 13.9. The van der Waals surface area contributed by atoms with Crippen LogP contribution in [-0.2, 0) is 6.42 Å². The predicted octanol–water partition coefficient (Wildman–Crippen LogP) is 4.38. The SMILES string of the molecule is NC(CCc1ccsc1)C1CCCCC1C(F)(F)F. The lowest BCUT2D eigenvalue weighted by molar-refractivity contribution is -0.198. The Hall–Kier alpha value is -0.550. The van der Waals surface area contributed by atoms with Crippen LogP contribution in [0.3, 0.4) is 0 Å². The van der Waals surface area contributed by atoms with Gasteiger partial charge in [-0.25, -0.2) is 0 Å². The molecule has 1 heterocycles. The number of alkyl halides is 3. The molecular formula is C14H20F3NS. The van der Waals surface area contributed by atoms with E-state index >= 15 is 0 Å². The van der Waals surface area contributed by atoms with Gasteiger partial charge in [-0.15, -0.1) is 0 Å². The molecule has 0 aliphatic heterocycles. The minimum Gasteiger partial charge on any atom is -0.327 e. The monoisotopic (exact) mass is 291 g/mol. The highest BCUT2D eigenvalue weighted by molar-refractivity contribution is 7.07. The number of rotatable bonds is 4. The highest BCUT2D eigenvalue weighted by Gasteiger charge is 2.46. The second kappa shape index (κ2) is 6.27. The second-order valence-electron chi connectivity index (χ2n) is 5.43. The number of hydrogen-bond donors (Lipinski definition) is 1. The molecule has 0 amide bonds. The fourth-order valence-electron chi connectivity index (χ4n) is 3.06. The summed E-state index contributed by atoms with van der Waals surface area (Å²) in [5, 5.41) is 4.02. The lowest BCUT2D eigenvalue weighted by Crippen LogP contribution is -2.43. The zero-order valence-electron chi connectivity index (χ0n) is 10.8. The third kappa shape index (κ3) is 3.96. The van der Waals surface area contributed by atoms with Gasteiger partial charge in [-0.05, 0) is 54.0 Å². The summed E-state index contributed by atoms with van der Waals surface area (Å²) in [6.45, 7) is 0. The van der Waals surface area contributed by atoms with E-state index in [0.29, 0.717) is 19.3 Å². The molecule has 0 saturated heterocycles. The molecule has 2 rings (SSSR count). The van der Waals surface area contributed by atoms with Gasteiger partial charge in [0.15, 0.2) is 0 Å². The van der Waals surface area contributed by atoms with Crippen molar-refractivity contribution in [1.29, 1.82) is 0 Å². The molecule has 1 aromatic heterocycles. The first kappa shape index (κ1) is 14.9. The van der Waals surface area contributed by atoms with Gasteiger partial charge in [0.25, 0.3) is 0 Å². The van der Waals surface area contributed by atoms with E-state index < -0.39 is 18.0 Å². The Labute approximate surface area is 116 Å². The molecular weight excluding hydrogens is 271 g/mol. The van der Waals surface area contributed by atoms with Gasteiger partial charge in [0.1, 0.15) is 0 Å². The first-order valence-corrected chi connectivity index (χ1v) is 7.76. The lowest BCUT2D eigenvalue weighted by atomic mass is 9.74. The summed E-state index contributed by atoms with van der Waals surface area (Å²) in [5.74, 6) is -1.59. The Morgan fingerprint density at radius 1 is 1.32 bits per heavy atom. The molecule has 1 aromatic rings. The van der Waals surface area contributed by atoms with Crippen LogP contribution >= 0.6 is 11.3 Å². The summed E-state index contributed by atoms with van der Waals surface area (Å²) in [6.07, 6.45) is -0.235. The molecule has 2 N–H and O–H groups in total. The molecule has 1 fully saturated rings. The van der Waals surface area contributed by atoms with E-state index in [2.05, 4.69) is 0 Å². The Bertz CT molecular complexity index is 375. The minimum absolute atomic E-state index is 0.250. The van der Waals surface area contributed by atoms with Gasteiger partial charge in [0.05, 0.1) is 5.92 Å². The first-order valence-electron chi connectivity index (χ1n) is 6.82. The molecule has 0 aromatic carbocycles. The fourth-order valence-corrected chi connectivity index (χ4v) is 3.76. The summed E-state index contributed by atoms with van der Waals surface area (Å²) in [6, 6.07) is 1.67. The van der Waals surface area contributed by atoms with E-state index in [1.54, 1.807) is 11.3 Å². The average molecular weight is 291 g/mol. The van der Waals surface area contributed by atoms with Crippen molar-refractivity contribution in [2.75, 3.05) is 0 Å². The van der Waals surface area contributed by atoms with Crippen LogP contribution in [0.1, 0.15) is 37.7 Å². The number of halogens is 3. The first-order chi connectivity index (χ1) is 8.98. The minimum atomic E-state index is -4.09. The van der Waals surface area contributed by atoms with Crippen LogP contribution in [-0.4, -0.2) is 12.2 Å². The van der Waals surface area contributed by atoms with Gasteiger partial charge in [0.2, 0.25) is 0 Å². The molecule has 19 heavy (non-hydrogen) atoms. The van der Waals surface area contributed by atoms with Crippen LogP contribution in [0.2, 0.25) is 0 Å². The van der Waals surface area contributed by atoms with Gasteiger partial charge in [-0.1, -0.05) is 12.8 Å². The molecule has 108 valence electrons. The highest BCUT2D eigenvalue weighted by atomic mass is 32.1. The van der Waals surface area contributed by atoms with E-state index in [1.165, 1.54) is 5.56 Å². The van der Waals surface area contributed by atoms with E-state index in [-0.39, 0.29) is 12.5 Å². The third-order valence-electron chi connectivity index (χ3n) is 4.14. The average Bonchev–Trinajstić information content (AvgIpc) is 2.88. The fraction of sp³-hybridized carbons (Fsp3) is 0.714. The van der Waals surface area contributed by atoms with E-state index in [9.17, 15) is 13.2 Å². The van der Waals surface area contributed by atoms with Crippen molar-refractivity contribution in [1.82, 2.24) is 0 Å². The molecule has 1 aliphatic carbocycles. The van der Waals surface area contributed by atoms with Crippen molar-refractivity contribution in [2.24, 2.45) is 17.6 Å². The second-order valence-corrected chi connectivity index (χ2v) is 6.21. The summed E-state index contributed by atoms with van der Waals surface area (Å²) < 4.78 is 39.0. The molecule has 5 heteroatoms. The van der Waals surface area contributed by atoms with Gasteiger partial charge < -0.3 is 5.73 Å². The molecule has 1 saturated carbocycles. The quantitative estimate of drug-likeness (QED) is 0.875. The Balaban J connectivity index is 1.93. The van der Waals surface area contributed by atoms with E-state index in [0.717, 1.165) is 12.8 Å². The molecule has 1 nitrogen and oxygen atoms in total. The maximum atomic E-state index is 13.0. The lowest BCUT2D eigenvalue weighted by Gasteiger charge is -2.36. The van der Waals surface area contributed by atoms with Crippen LogP contribution < -0.4 is 5.73 Å². The van der Waals surface area contributed by atoms with Crippen molar-refractivity contribution in [3.05, 3.63) is 22.4 Å². The smallest absolute Gasteiger partial charge is 0.327 e. The molecule has 0 bridgehead atoms. The number of hydrogen-bond acceptors (Lipinski definition) is 2. The summed E-state index contributed by atoms with van der Waals surface area (Å²) in [4.78, 5) is 0. The van der Waals surface area contributed by atoms with Crippen molar-refractivity contribution >= 4 is 11.3 Å². The predicted molar refractivity (Wildman–Crippen MR) is 72.1 cm³/mol. The van der Waals surface area contributed by atoms with Gasteiger partial charge in [0, 0.05) is 6.04 Å². The van der Waals surface area contributed by atoms with E-state index in [1.807, 2.05) is 16.8 Å². The van der Waals surface area contributed by atoms with Crippen molar-refractivity contribution in [3.63, 3.8) is 0 Å². The van der Waals surface area contributed by atoms with Crippen LogP contribution in [0.15, 0.2) is 16.8 Å². The van der Waals surface area contributed by atoms with Crippen LogP contribution in [0.4, 0.5) is 13.2 Å². The van der Waals surface area contributed by atoms with Crippen LogP contribution in [0.25, 0.3) is 0 Å². The van der Waals surface area contributed by atoms with Crippen LogP contribution in [0, 0.1) is 11.8 Å².